The second-order valence-electron chi connectivity index (χ2n) is 7.73. The van der Waals surface area contributed by atoms with Crippen molar-refractivity contribution in [2.75, 3.05) is 13.2 Å². The van der Waals surface area contributed by atoms with E-state index in [2.05, 4.69) is 53.2 Å². The van der Waals surface area contributed by atoms with Crippen LogP contribution in [0.25, 0.3) is 17.0 Å². The number of aryl methyl sites for hydroxylation is 1. The Balaban J connectivity index is 1.60. The molecule has 0 radical (unpaired) electrons. The van der Waals surface area contributed by atoms with E-state index < -0.39 is 0 Å². The van der Waals surface area contributed by atoms with Gasteiger partial charge in [-0.05, 0) is 37.5 Å². The molecule has 0 aliphatic carbocycles. The van der Waals surface area contributed by atoms with Crippen LogP contribution in [0.1, 0.15) is 29.5 Å². The Kier molecular flexibility index (Phi) is 5.97. The van der Waals surface area contributed by atoms with Crippen LogP contribution in [0.5, 0.6) is 0 Å². The van der Waals surface area contributed by atoms with Gasteiger partial charge in [0.2, 0.25) is 0 Å². The molecule has 1 fully saturated rings. The van der Waals surface area contributed by atoms with Crippen molar-refractivity contribution in [3.63, 3.8) is 0 Å². The number of fused-ring (bicyclic) bond motifs is 1. The van der Waals surface area contributed by atoms with Gasteiger partial charge in [-0.2, -0.15) is 5.26 Å². The summed E-state index contributed by atoms with van der Waals surface area (Å²) in [6.45, 7) is 3.97. The lowest BCUT2D eigenvalue weighted by Crippen LogP contribution is -2.32. The Morgan fingerprint density at radius 2 is 2.07 bits per heavy atom. The van der Waals surface area contributed by atoms with E-state index in [1.807, 2.05) is 24.4 Å². The van der Waals surface area contributed by atoms with E-state index >= 15 is 0 Å². The molecule has 1 aliphatic heterocycles. The van der Waals surface area contributed by atoms with Crippen molar-refractivity contribution in [3.8, 4) is 6.07 Å². The van der Waals surface area contributed by atoms with Crippen molar-refractivity contribution in [3.05, 3.63) is 77.0 Å². The number of para-hydroxylation sites is 1. The quantitative estimate of drug-likeness (QED) is 0.499. The van der Waals surface area contributed by atoms with E-state index in [1.54, 1.807) is 6.08 Å². The molecular weight excluding hydrogens is 374 g/mol. The summed E-state index contributed by atoms with van der Waals surface area (Å²) in [5.41, 5.74) is 4.47. The Morgan fingerprint density at radius 1 is 1.27 bits per heavy atom. The Bertz CT molecular complexity index is 1110. The molecule has 1 N–H and O–H groups in total. The number of nitrogens with zero attached hydrogens (tertiary/aromatic N) is 2. The summed E-state index contributed by atoms with van der Waals surface area (Å²) in [5, 5.41) is 13.4. The first-order valence-corrected chi connectivity index (χ1v) is 10.3. The lowest BCUT2D eigenvalue weighted by Gasteiger charge is -2.10. The summed E-state index contributed by atoms with van der Waals surface area (Å²) in [7, 11) is 0. The van der Waals surface area contributed by atoms with Crippen molar-refractivity contribution in [1.82, 2.24) is 9.88 Å². The minimum absolute atomic E-state index is 0.0466. The van der Waals surface area contributed by atoms with E-state index in [4.69, 9.17) is 4.74 Å². The molecule has 1 atom stereocenters. The number of benzene rings is 2. The molecule has 0 saturated carbocycles. The maximum Gasteiger partial charge on any atom is 0.262 e. The number of ether oxygens (including phenoxy) is 1. The molecule has 30 heavy (non-hydrogen) atoms. The zero-order chi connectivity index (χ0) is 20.9. The number of carbonyl (C=O) groups is 1. The van der Waals surface area contributed by atoms with Crippen molar-refractivity contribution in [1.29, 1.82) is 5.26 Å². The fraction of sp³-hybridized carbons (Fsp3) is 0.280. The maximum absolute atomic E-state index is 12.5. The maximum atomic E-state index is 12.5. The zero-order valence-corrected chi connectivity index (χ0v) is 17.1. The minimum Gasteiger partial charge on any atom is -0.376 e. The Morgan fingerprint density at radius 3 is 2.80 bits per heavy atom. The van der Waals surface area contributed by atoms with E-state index in [0.717, 1.165) is 42.5 Å². The number of hydrogen-bond acceptors (Lipinski definition) is 3. The molecule has 1 saturated heterocycles. The highest BCUT2D eigenvalue weighted by Gasteiger charge is 2.18. The summed E-state index contributed by atoms with van der Waals surface area (Å²) in [5.74, 6) is -0.358. The summed E-state index contributed by atoms with van der Waals surface area (Å²) in [4.78, 5) is 12.5. The molecule has 4 rings (SSSR count). The third-order valence-electron chi connectivity index (χ3n) is 5.47. The first kappa shape index (κ1) is 19.9. The average Bonchev–Trinajstić information content (AvgIpc) is 3.40. The summed E-state index contributed by atoms with van der Waals surface area (Å²) >= 11 is 0. The predicted molar refractivity (Wildman–Crippen MR) is 118 cm³/mol. The molecule has 5 heteroatoms. The standard InChI is InChI=1S/C25H25N3O2/c1-18-8-10-19(11-9-18)16-28-17-21(23-6-2-3-7-24(23)28)13-20(14-26)25(29)27-15-22-5-4-12-30-22/h2-3,6-11,13,17,22H,4-5,12,15-16H2,1H3,(H,27,29)/b20-13+/t22-/m1/s1. The molecular formula is C25H25N3O2. The number of amides is 1. The van der Waals surface area contributed by atoms with Crippen LogP contribution >= 0.6 is 0 Å². The molecule has 0 unspecified atom stereocenters. The molecule has 3 aromatic rings. The third-order valence-corrected chi connectivity index (χ3v) is 5.47. The number of rotatable bonds is 6. The van der Waals surface area contributed by atoms with Crippen LogP contribution < -0.4 is 5.32 Å². The molecule has 1 aromatic heterocycles. The fourth-order valence-electron chi connectivity index (χ4n) is 3.82. The number of nitrogens with one attached hydrogen (secondary N) is 1. The molecule has 1 aliphatic rings. The predicted octanol–water partition coefficient (Wildman–Crippen LogP) is 4.20. The molecule has 1 amide bonds. The first-order valence-electron chi connectivity index (χ1n) is 10.3. The lowest BCUT2D eigenvalue weighted by atomic mass is 10.1. The normalized spacial score (nSPS) is 16.5. The van der Waals surface area contributed by atoms with Gasteiger partial charge in [0.15, 0.2) is 0 Å². The van der Waals surface area contributed by atoms with Crippen LogP contribution in [-0.2, 0) is 16.1 Å². The van der Waals surface area contributed by atoms with Gasteiger partial charge >= 0.3 is 0 Å². The van der Waals surface area contributed by atoms with Crippen LogP contribution in [-0.4, -0.2) is 29.7 Å². The Labute approximate surface area is 176 Å². The zero-order valence-electron chi connectivity index (χ0n) is 17.1. The van der Waals surface area contributed by atoms with Gasteiger partial charge in [0.1, 0.15) is 11.6 Å². The molecule has 5 nitrogen and oxygen atoms in total. The number of aromatic nitrogens is 1. The van der Waals surface area contributed by atoms with E-state index in [-0.39, 0.29) is 17.6 Å². The van der Waals surface area contributed by atoms with Gasteiger partial charge < -0.3 is 14.6 Å². The second kappa shape index (κ2) is 8.98. The summed E-state index contributed by atoms with van der Waals surface area (Å²) in [6, 6.07) is 18.6. The van der Waals surface area contributed by atoms with Crippen molar-refractivity contribution in [2.45, 2.75) is 32.4 Å². The van der Waals surface area contributed by atoms with Crippen LogP contribution in [0.4, 0.5) is 0 Å². The van der Waals surface area contributed by atoms with Crippen LogP contribution in [0.15, 0.2) is 60.3 Å². The average molecular weight is 399 g/mol. The van der Waals surface area contributed by atoms with Gasteiger partial charge in [0, 0.05) is 42.4 Å². The summed E-state index contributed by atoms with van der Waals surface area (Å²) < 4.78 is 7.70. The van der Waals surface area contributed by atoms with E-state index in [1.165, 1.54) is 11.1 Å². The van der Waals surface area contributed by atoms with E-state index in [0.29, 0.717) is 6.54 Å². The number of hydrogen-bond donors (Lipinski definition) is 1. The minimum atomic E-state index is -0.358. The topological polar surface area (TPSA) is 67.0 Å². The molecule has 2 aromatic carbocycles. The van der Waals surface area contributed by atoms with E-state index in [9.17, 15) is 10.1 Å². The van der Waals surface area contributed by atoms with Gasteiger partial charge in [0.05, 0.1) is 6.10 Å². The van der Waals surface area contributed by atoms with Crippen molar-refractivity contribution < 1.29 is 9.53 Å². The van der Waals surface area contributed by atoms with Gasteiger partial charge in [0.25, 0.3) is 5.91 Å². The van der Waals surface area contributed by atoms with Gasteiger partial charge in [-0.1, -0.05) is 48.0 Å². The van der Waals surface area contributed by atoms with Crippen molar-refractivity contribution >= 4 is 22.9 Å². The van der Waals surface area contributed by atoms with Gasteiger partial charge in [-0.3, -0.25) is 4.79 Å². The van der Waals surface area contributed by atoms with Crippen LogP contribution in [0.3, 0.4) is 0 Å². The molecule has 0 spiro atoms. The van der Waals surface area contributed by atoms with Gasteiger partial charge in [-0.25, -0.2) is 0 Å². The number of carbonyl (C=O) groups excluding carboxylic acids is 1. The second-order valence-corrected chi connectivity index (χ2v) is 7.73. The highest BCUT2D eigenvalue weighted by atomic mass is 16.5. The first-order chi connectivity index (χ1) is 14.6. The number of nitriles is 1. The van der Waals surface area contributed by atoms with Gasteiger partial charge in [-0.15, -0.1) is 0 Å². The molecule has 152 valence electrons. The smallest absolute Gasteiger partial charge is 0.262 e. The Hall–Kier alpha value is -3.36. The molecule has 2 heterocycles. The summed E-state index contributed by atoms with van der Waals surface area (Å²) in [6.07, 6.45) is 5.69. The monoisotopic (exact) mass is 399 g/mol. The third kappa shape index (κ3) is 4.45. The largest absolute Gasteiger partial charge is 0.376 e. The highest BCUT2D eigenvalue weighted by Crippen LogP contribution is 2.25. The highest BCUT2D eigenvalue weighted by molar-refractivity contribution is 6.04. The van der Waals surface area contributed by atoms with Crippen molar-refractivity contribution in [2.24, 2.45) is 0 Å². The lowest BCUT2D eigenvalue weighted by molar-refractivity contribution is -0.117. The fourth-order valence-corrected chi connectivity index (χ4v) is 3.82. The SMILES string of the molecule is Cc1ccc(Cn2cc(/C=C(\C#N)C(=O)NC[C@H]3CCCO3)c3ccccc32)cc1. The van der Waals surface area contributed by atoms with Crippen LogP contribution in [0.2, 0.25) is 0 Å². The molecule has 0 bridgehead atoms. The van der Waals surface area contributed by atoms with Crippen LogP contribution in [0, 0.1) is 18.3 Å².